The number of halogens is 1. The minimum absolute atomic E-state index is 0.294. The number of benzene rings is 3. The fourth-order valence-corrected chi connectivity index (χ4v) is 5.18. The molecule has 6 aromatic rings. The molecule has 3 heterocycles. The molecule has 3 aromatic carbocycles. The Balaban J connectivity index is 1.32. The Morgan fingerprint density at radius 3 is 2.55 bits per heavy atom. The van der Waals surface area contributed by atoms with Crippen molar-refractivity contribution in [3.8, 4) is 22.6 Å². The molecule has 6 heteroatoms. The number of hydrogen-bond acceptors (Lipinski definition) is 3. The number of aromatic nitrogens is 4. The lowest BCUT2D eigenvalue weighted by Crippen LogP contribution is -2.12. The van der Waals surface area contributed by atoms with Gasteiger partial charge in [-0.15, -0.1) is 0 Å². The molecule has 0 aliphatic carbocycles. The SMILES string of the molecule is C=C/C(=C\C(=C/C)c1ccc2[nH]nc(-c3cc4c(-c5cccc(F)c5)nccc4[nH]3)c2c1)NC(=C)Cc1ccccc1. The zero-order valence-corrected chi connectivity index (χ0v) is 23.3. The maximum absolute atomic E-state index is 14.0. The molecule has 5 nitrogen and oxygen atoms in total. The summed E-state index contributed by atoms with van der Waals surface area (Å²) in [5.74, 6) is -0.294. The number of fused-ring (bicyclic) bond motifs is 2. The van der Waals surface area contributed by atoms with Crippen molar-refractivity contribution in [2.45, 2.75) is 13.3 Å². The Labute approximate surface area is 243 Å². The average Bonchev–Trinajstić information content (AvgIpc) is 3.63. The Morgan fingerprint density at radius 1 is 0.929 bits per heavy atom. The van der Waals surface area contributed by atoms with E-state index < -0.39 is 0 Å². The first-order valence-corrected chi connectivity index (χ1v) is 13.7. The van der Waals surface area contributed by atoms with E-state index in [2.05, 4.69) is 75.1 Å². The van der Waals surface area contributed by atoms with Crippen molar-refractivity contribution in [2.24, 2.45) is 0 Å². The standard InChI is InChI=1S/C36H30FN5/c1-4-25(20-29(5-2)39-23(3)18-24-10-7-6-8-11-24)26-14-15-33-30(21-26)36(42-41-33)34-22-31-32(40-34)16-17-38-35(31)27-12-9-13-28(37)19-27/h4-17,19-22,39-40H,2-3,18H2,1H3,(H,41,42)/b25-4+,29-20+. The molecule has 0 unspecified atom stereocenters. The molecule has 0 saturated heterocycles. The van der Waals surface area contributed by atoms with Crippen LogP contribution in [-0.4, -0.2) is 20.2 Å². The third-order valence-electron chi connectivity index (χ3n) is 7.22. The van der Waals surface area contributed by atoms with Crippen LogP contribution < -0.4 is 5.32 Å². The highest BCUT2D eigenvalue weighted by atomic mass is 19.1. The molecule has 0 atom stereocenters. The van der Waals surface area contributed by atoms with E-state index in [1.807, 2.05) is 49.4 Å². The molecule has 0 saturated carbocycles. The maximum Gasteiger partial charge on any atom is 0.123 e. The van der Waals surface area contributed by atoms with Crippen molar-refractivity contribution in [1.82, 2.24) is 25.5 Å². The van der Waals surface area contributed by atoms with Gasteiger partial charge in [0.1, 0.15) is 11.5 Å². The molecule has 0 aliphatic rings. The van der Waals surface area contributed by atoms with Gasteiger partial charge in [-0.2, -0.15) is 5.10 Å². The summed E-state index contributed by atoms with van der Waals surface area (Å²) in [6, 6.07) is 26.9. The number of hydrogen-bond donors (Lipinski definition) is 3. The third-order valence-corrected chi connectivity index (χ3v) is 7.22. The number of pyridine rings is 1. The molecule has 3 N–H and O–H groups in total. The lowest BCUT2D eigenvalue weighted by Gasteiger charge is -2.12. The molecule has 0 fully saturated rings. The normalized spacial score (nSPS) is 12.1. The quantitative estimate of drug-likeness (QED) is 0.157. The number of nitrogens with zero attached hydrogens (tertiary/aromatic N) is 2. The second-order valence-electron chi connectivity index (χ2n) is 10.1. The molecule has 42 heavy (non-hydrogen) atoms. The summed E-state index contributed by atoms with van der Waals surface area (Å²) >= 11 is 0. The van der Waals surface area contributed by atoms with Crippen LogP contribution in [-0.2, 0) is 6.42 Å². The van der Waals surface area contributed by atoms with E-state index in [0.29, 0.717) is 0 Å². The van der Waals surface area contributed by atoms with E-state index in [4.69, 9.17) is 0 Å². The summed E-state index contributed by atoms with van der Waals surface area (Å²) in [5.41, 5.74) is 9.94. The van der Waals surface area contributed by atoms with Crippen molar-refractivity contribution in [3.05, 3.63) is 151 Å². The first kappa shape index (κ1) is 26.7. The minimum atomic E-state index is -0.294. The summed E-state index contributed by atoms with van der Waals surface area (Å²) in [7, 11) is 0. The zero-order chi connectivity index (χ0) is 29.1. The Kier molecular flexibility index (Phi) is 7.35. The Bertz CT molecular complexity index is 1990. The van der Waals surface area contributed by atoms with Crippen LogP contribution in [0.4, 0.5) is 4.39 Å². The average molecular weight is 552 g/mol. The smallest absolute Gasteiger partial charge is 0.123 e. The van der Waals surface area contributed by atoms with Crippen LogP contribution >= 0.6 is 0 Å². The van der Waals surface area contributed by atoms with Crippen molar-refractivity contribution in [1.29, 1.82) is 0 Å². The fraction of sp³-hybridized carbons (Fsp3) is 0.0556. The molecule has 3 aromatic heterocycles. The number of nitrogens with one attached hydrogen (secondary N) is 3. The van der Waals surface area contributed by atoms with Crippen LogP contribution in [0, 0.1) is 5.82 Å². The summed E-state index contributed by atoms with van der Waals surface area (Å²) in [4.78, 5) is 8.04. The summed E-state index contributed by atoms with van der Waals surface area (Å²) in [6.07, 6.45) is 8.41. The molecule has 0 amide bonds. The number of H-pyrrole nitrogens is 2. The van der Waals surface area contributed by atoms with Crippen LogP contribution in [0.1, 0.15) is 18.1 Å². The second-order valence-corrected chi connectivity index (χ2v) is 10.1. The van der Waals surface area contributed by atoms with Gasteiger partial charge in [0, 0.05) is 45.9 Å². The van der Waals surface area contributed by atoms with E-state index in [-0.39, 0.29) is 5.82 Å². The van der Waals surface area contributed by atoms with Gasteiger partial charge in [0.25, 0.3) is 0 Å². The van der Waals surface area contributed by atoms with E-state index in [1.165, 1.54) is 17.7 Å². The van der Waals surface area contributed by atoms with Gasteiger partial charge in [-0.3, -0.25) is 10.1 Å². The van der Waals surface area contributed by atoms with Gasteiger partial charge in [0.15, 0.2) is 0 Å². The maximum atomic E-state index is 14.0. The van der Waals surface area contributed by atoms with Crippen molar-refractivity contribution in [2.75, 3.05) is 0 Å². The highest BCUT2D eigenvalue weighted by molar-refractivity contribution is 6.00. The minimum Gasteiger partial charge on any atom is -0.359 e. The molecule has 0 radical (unpaired) electrons. The van der Waals surface area contributed by atoms with Crippen LogP contribution in [0.25, 0.3) is 50.0 Å². The van der Waals surface area contributed by atoms with Crippen LogP contribution in [0.15, 0.2) is 134 Å². The highest BCUT2D eigenvalue weighted by Crippen LogP contribution is 2.34. The monoisotopic (exact) mass is 551 g/mol. The van der Waals surface area contributed by atoms with Crippen molar-refractivity contribution in [3.63, 3.8) is 0 Å². The first-order valence-electron chi connectivity index (χ1n) is 13.7. The lowest BCUT2D eigenvalue weighted by molar-refractivity contribution is 0.628. The van der Waals surface area contributed by atoms with Gasteiger partial charge in [0.2, 0.25) is 0 Å². The molecule has 0 aliphatic heterocycles. The van der Waals surface area contributed by atoms with Crippen molar-refractivity contribution < 1.29 is 4.39 Å². The van der Waals surface area contributed by atoms with Gasteiger partial charge >= 0.3 is 0 Å². The van der Waals surface area contributed by atoms with Crippen molar-refractivity contribution >= 4 is 27.4 Å². The van der Waals surface area contributed by atoms with Gasteiger partial charge in [0.05, 0.1) is 16.9 Å². The molecule has 0 bridgehead atoms. The fourth-order valence-electron chi connectivity index (χ4n) is 5.18. The van der Waals surface area contributed by atoms with E-state index in [0.717, 1.165) is 73.4 Å². The van der Waals surface area contributed by atoms with Gasteiger partial charge < -0.3 is 10.3 Å². The van der Waals surface area contributed by atoms with Gasteiger partial charge in [-0.1, -0.05) is 67.8 Å². The molecular weight excluding hydrogens is 521 g/mol. The summed E-state index contributed by atoms with van der Waals surface area (Å²) in [6.45, 7) is 10.2. The zero-order valence-electron chi connectivity index (χ0n) is 23.3. The summed E-state index contributed by atoms with van der Waals surface area (Å²) < 4.78 is 14.0. The summed E-state index contributed by atoms with van der Waals surface area (Å²) in [5, 5.41) is 13.1. The number of aromatic amines is 2. The predicted molar refractivity (Wildman–Crippen MR) is 171 cm³/mol. The van der Waals surface area contributed by atoms with Crippen LogP contribution in [0.5, 0.6) is 0 Å². The Morgan fingerprint density at radius 2 is 1.76 bits per heavy atom. The lowest BCUT2D eigenvalue weighted by atomic mass is 10.0. The second kappa shape index (κ2) is 11.6. The molecular formula is C36H30FN5. The molecule has 6 rings (SSSR count). The topological polar surface area (TPSA) is 69.4 Å². The van der Waals surface area contributed by atoms with E-state index in [9.17, 15) is 4.39 Å². The first-order chi connectivity index (χ1) is 20.5. The van der Waals surface area contributed by atoms with E-state index in [1.54, 1.807) is 18.3 Å². The Hall–Kier alpha value is -5.49. The largest absolute Gasteiger partial charge is 0.359 e. The number of rotatable bonds is 9. The third kappa shape index (κ3) is 5.43. The van der Waals surface area contributed by atoms with Gasteiger partial charge in [-0.25, -0.2) is 4.39 Å². The molecule has 206 valence electrons. The van der Waals surface area contributed by atoms with Crippen LogP contribution in [0.2, 0.25) is 0 Å². The highest BCUT2D eigenvalue weighted by Gasteiger charge is 2.15. The molecule has 0 spiro atoms. The predicted octanol–water partition coefficient (Wildman–Crippen LogP) is 8.73. The van der Waals surface area contributed by atoms with E-state index >= 15 is 0 Å². The van der Waals surface area contributed by atoms with Crippen LogP contribution in [0.3, 0.4) is 0 Å². The number of allylic oxidation sites excluding steroid dienone is 5. The van der Waals surface area contributed by atoms with Gasteiger partial charge in [-0.05, 0) is 72.2 Å².